The van der Waals surface area contributed by atoms with Crippen LogP contribution < -0.4 is 20.9 Å². The average molecular weight is 576 g/mol. The van der Waals surface area contributed by atoms with Crippen LogP contribution in [0, 0.1) is 22.7 Å². The molecule has 212 valence electrons. The summed E-state index contributed by atoms with van der Waals surface area (Å²) in [6, 6.07) is 10.9. The molecule has 1 aliphatic carbocycles. The Morgan fingerprint density at radius 1 is 1.20 bits per heavy atom. The molecule has 0 saturated carbocycles. The molecule has 41 heavy (non-hydrogen) atoms. The maximum Gasteiger partial charge on any atom is 0.338 e. The summed E-state index contributed by atoms with van der Waals surface area (Å²) in [6.45, 7) is 3.06. The van der Waals surface area contributed by atoms with Gasteiger partial charge in [-0.1, -0.05) is 17.8 Å². The van der Waals surface area contributed by atoms with Crippen LogP contribution in [-0.4, -0.2) is 42.4 Å². The summed E-state index contributed by atoms with van der Waals surface area (Å²) < 4.78 is 22.3. The quantitative estimate of drug-likeness (QED) is 0.313. The van der Waals surface area contributed by atoms with Crippen LogP contribution in [0.1, 0.15) is 48.6 Å². The zero-order valence-corrected chi connectivity index (χ0v) is 23.7. The number of primary amides is 1. The fourth-order valence-electron chi connectivity index (χ4n) is 4.67. The van der Waals surface area contributed by atoms with Crippen molar-refractivity contribution in [3.63, 3.8) is 0 Å². The highest BCUT2D eigenvalue weighted by atomic mass is 32.2. The number of nitrogens with two attached hydrogens (primary N) is 2. The summed E-state index contributed by atoms with van der Waals surface area (Å²) >= 11 is 1.24. The second-order valence-corrected chi connectivity index (χ2v) is 10.5. The molecule has 1 amide bonds. The Labute approximate surface area is 241 Å². The Bertz CT molecular complexity index is 1540. The summed E-state index contributed by atoms with van der Waals surface area (Å²) in [5, 5.41) is 20.3. The first kappa shape index (κ1) is 29.3. The number of pyridine rings is 1. The second kappa shape index (κ2) is 12.7. The highest BCUT2D eigenvalue weighted by molar-refractivity contribution is 7.99. The van der Waals surface area contributed by atoms with Crippen molar-refractivity contribution in [1.29, 1.82) is 10.5 Å². The number of esters is 1. The largest absolute Gasteiger partial charge is 0.493 e. The molecular weight excluding hydrogens is 546 g/mol. The van der Waals surface area contributed by atoms with Gasteiger partial charge < -0.3 is 30.4 Å². The minimum Gasteiger partial charge on any atom is -0.493 e. The van der Waals surface area contributed by atoms with E-state index in [-0.39, 0.29) is 46.6 Å². The molecule has 0 spiro atoms. The molecule has 1 unspecified atom stereocenters. The molecule has 0 saturated heterocycles. The highest BCUT2D eigenvalue weighted by Crippen LogP contribution is 2.43. The lowest BCUT2D eigenvalue weighted by Crippen LogP contribution is -2.28. The van der Waals surface area contributed by atoms with E-state index in [2.05, 4.69) is 12.1 Å². The molecule has 11 nitrogen and oxygen atoms in total. The van der Waals surface area contributed by atoms with Gasteiger partial charge in [-0.05, 0) is 62.4 Å². The van der Waals surface area contributed by atoms with Gasteiger partial charge in [0.15, 0.2) is 18.1 Å². The maximum absolute atomic E-state index is 13.5. The molecule has 1 aliphatic heterocycles. The molecule has 0 bridgehead atoms. The van der Waals surface area contributed by atoms with Crippen molar-refractivity contribution in [2.75, 3.05) is 19.5 Å². The Morgan fingerprint density at radius 3 is 2.63 bits per heavy atom. The summed E-state index contributed by atoms with van der Waals surface area (Å²) in [6.07, 6.45) is 2.25. The van der Waals surface area contributed by atoms with Gasteiger partial charge in [-0.2, -0.15) is 10.5 Å². The van der Waals surface area contributed by atoms with E-state index in [1.807, 2.05) is 6.07 Å². The molecule has 4 N–H and O–H groups in total. The van der Waals surface area contributed by atoms with E-state index in [9.17, 15) is 20.1 Å². The summed E-state index contributed by atoms with van der Waals surface area (Å²) in [7, 11) is 1.41. The minimum absolute atomic E-state index is 0.00989. The van der Waals surface area contributed by atoms with Gasteiger partial charge in [0, 0.05) is 5.69 Å². The second-order valence-electron chi connectivity index (χ2n) is 9.58. The van der Waals surface area contributed by atoms with Gasteiger partial charge in [0.2, 0.25) is 5.88 Å². The standard InChI is InChI=1S/C29H29N5O6S/c1-15(2)39-29(36)26-23(14-41-28-18(11-30)9-16-5-4-6-20(16)34-28)40-27(33)19(12-31)25(26)17-7-8-21(22(10-17)37-3)38-13-24(32)35/h7-10,15,25H,4-6,13-14,33H2,1-3H3,(H2,32,35). The van der Waals surface area contributed by atoms with Crippen molar-refractivity contribution < 1.29 is 28.5 Å². The molecule has 2 aliphatic rings. The fraction of sp³-hybridized carbons (Fsp3) is 0.345. The third-order valence-electron chi connectivity index (χ3n) is 6.43. The molecule has 12 heteroatoms. The van der Waals surface area contributed by atoms with Gasteiger partial charge in [0.1, 0.15) is 28.5 Å². The van der Waals surface area contributed by atoms with Crippen LogP contribution in [0.3, 0.4) is 0 Å². The number of allylic oxidation sites excluding steroid dienone is 1. The fourth-order valence-corrected chi connectivity index (χ4v) is 5.59. The molecule has 1 aromatic carbocycles. The third-order valence-corrected chi connectivity index (χ3v) is 7.42. The molecule has 2 aromatic rings. The average Bonchev–Trinajstić information content (AvgIpc) is 3.40. The van der Waals surface area contributed by atoms with E-state index in [1.165, 1.54) is 18.9 Å². The number of aryl methyl sites for hydroxylation is 2. The van der Waals surface area contributed by atoms with Gasteiger partial charge >= 0.3 is 5.97 Å². The zero-order valence-electron chi connectivity index (χ0n) is 22.9. The lowest BCUT2D eigenvalue weighted by Gasteiger charge is -2.29. The number of benzene rings is 1. The lowest BCUT2D eigenvalue weighted by molar-refractivity contribution is -0.143. The molecule has 0 radical (unpaired) electrons. The Kier molecular flexibility index (Phi) is 9.05. The van der Waals surface area contributed by atoms with E-state index in [0.29, 0.717) is 16.2 Å². The Balaban J connectivity index is 1.79. The SMILES string of the molecule is COc1cc(C2C(C#N)=C(N)OC(CSc3nc4c(cc3C#N)CCC4)=C2C(=O)OC(C)C)ccc1OCC(N)=O. The molecule has 0 fully saturated rings. The van der Waals surface area contributed by atoms with Crippen molar-refractivity contribution in [2.24, 2.45) is 11.5 Å². The van der Waals surface area contributed by atoms with Gasteiger partial charge in [-0.3, -0.25) is 4.79 Å². The van der Waals surface area contributed by atoms with Crippen LogP contribution in [0.5, 0.6) is 11.5 Å². The number of carbonyl (C=O) groups excluding carboxylic acids is 2. The third kappa shape index (κ3) is 6.39. The number of amides is 1. The number of carbonyl (C=O) groups is 2. The molecular formula is C29H29N5O6S. The number of rotatable bonds is 10. The van der Waals surface area contributed by atoms with Gasteiger partial charge in [0.25, 0.3) is 5.91 Å². The van der Waals surface area contributed by atoms with Crippen LogP contribution in [0.25, 0.3) is 0 Å². The molecule has 1 atom stereocenters. The maximum atomic E-state index is 13.5. The highest BCUT2D eigenvalue weighted by Gasteiger charge is 2.38. The number of nitrogens with zero attached hydrogens (tertiary/aromatic N) is 3. The predicted octanol–water partition coefficient (Wildman–Crippen LogP) is 3.12. The number of hydrogen-bond acceptors (Lipinski definition) is 11. The zero-order chi connectivity index (χ0) is 29.7. The van der Waals surface area contributed by atoms with Crippen molar-refractivity contribution in [2.45, 2.75) is 50.2 Å². The van der Waals surface area contributed by atoms with Crippen molar-refractivity contribution in [3.8, 4) is 23.6 Å². The van der Waals surface area contributed by atoms with Crippen molar-refractivity contribution in [1.82, 2.24) is 4.98 Å². The lowest BCUT2D eigenvalue weighted by atomic mass is 9.83. The molecule has 1 aromatic heterocycles. The van der Waals surface area contributed by atoms with Gasteiger partial charge in [0.05, 0.1) is 36.0 Å². The topological polar surface area (TPSA) is 184 Å². The number of methoxy groups -OCH3 is 1. The minimum atomic E-state index is -0.960. The van der Waals surface area contributed by atoms with E-state index in [1.54, 1.807) is 32.0 Å². The number of hydrogen-bond donors (Lipinski definition) is 2. The summed E-state index contributed by atoms with van der Waals surface area (Å²) in [5.41, 5.74) is 14.5. The first-order valence-corrected chi connectivity index (χ1v) is 13.8. The van der Waals surface area contributed by atoms with Crippen LogP contribution >= 0.6 is 11.8 Å². The summed E-state index contributed by atoms with van der Waals surface area (Å²) in [4.78, 5) is 29.5. The van der Waals surface area contributed by atoms with Gasteiger partial charge in [-0.15, -0.1) is 0 Å². The molecule has 2 heterocycles. The Morgan fingerprint density at radius 2 is 1.98 bits per heavy atom. The molecule has 4 rings (SSSR count). The van der Waals surface area contributed by atoms with Crippen LogP contribution in [0.15, 0.2) is 52.1 Å². The van der Waals surface area contributed by atoms with Crippen LogP contribution in [0.2, 0.25) is 0 Å². The van der Waals surface area contributed by atoms with E-state index < -0.39 is 23.9 Å². The smallest absolute Gasteiger partial charge is 0.338 e. The number of ether oxygens (including phenoxy) is 4. The monoisotopic (exact) mass is 575 g/mol. The number of nitriles is 2. The first-order chi connectivity index (χ1) is 19.7. The van der Waals surface area contributed by atoms with Crippen molar-refractivity contribution in [3.05, 3.63) is 69.4 Å². The van der Waals surface area contributed by atoms with Gasteiger partial charge in [-0.25, -0.2) is 9.78 Å². The first-order valence-electron chi connectivity index (χ1n) is 12.8. The normalized spacial score (nSPS) is 16.0. The summed E-state index contributed by atoms with van der Waals surface area (Å²) in [5.74, 6) is -1.70. The van der Waals surface area contributed by atoms with Crippen LogP contribution in [-0.2, 0) is 31.9 Å². The Hall–Kier alpha value is -4.68. The number of fused-ring (bicyclic) bond motifs is 1. The predicted molar refractivity (Wildman–Crippen MR) is 148 cm³/mol. The van der Waals surface area contributed by atoms with Crippen LogP contribution in [0.4, 0.5) is 0 Å². The number of thioether (sulfide) groups is 1. The van der Waals surface area contributed by atoms with E-state index in [0.717, 1.165) is 30.5 Å². The van der Waals surface area contributed by atoms with E-state index >= 15 is 0 Å². The number of aromatic nitrogens is 1. The van der Waals surface area contributed by atoms with E-state index in [4.69, 9.17) is 35.4 Å². The van der Waals surface area contributed by atoms with Crippen molar-refractivity contribution >= 4 is 23.6 Å².